The monoisotopic (exact) mass is 325 g/mol. The molecule has 4 rings (SSSR count). The van der Waals surface area contributed by atoms with Crippen LogP contribution in [0.25, 0.3) is 5.69 Å². The maximum Gasteiger partial charge on any atom is 0.254 e. The lowest BCUT2D eigenvalue weighted by Gasteiger charge is -2.34. The molecule has 0 bridgehead atoms. The SMILES string of the molecule is O=C(c1cccc(-n2cnnn2)c1)N(CC1CC1)C1CCCCC1. The second-order valence-electron chi connectivity index (χ2n) is 7.00. The Balaban J connectivity index is 1.58. The standard InChI is InChI=1S/C18H23N5O/c24-18(15-5-4-8-17(11-15)23-13-19-20-21-23)22(12-14-9-10-14)16-6-2-1-3-7-16/h4-5,8,11,13-14,16H,1-3,6-7,9-10,12H2. The molecule has 0 spiro atoms. The molecule has 0 N–H and O–H groups in total. The summed E-state index contributed by atoms with van der Waals surface area (Å²) in [5.74, 6) is 0.863. The summed E-state index contributed by atoms with van der Waals surface area (Å²) in [7, 11) is 0. The Kier molecular flexibility index (Phi) is 4.28. The number of carbonyl (C=O) groups is 1. The highest BCUT2D eigenvalue weighted by Gasteiger charge is 2.32. The zero-order valence-corrected chi connectivity index (χ0v) is 13.8. The molecule has 2 saturated carbocycles. The summed E-state index contributed by atoms with van der Waals surface area (Å²) in [6, 6.07) is 8.02. The van der Waals surface area contributed by atoms with Crippen molar-refractivity contribution in [3.8, 4) is 5.69 Å². The molecule has 0 unspecified atom stereocenters. The largest absolute Gasteiger partial charge is 0.335 e. The Labute approximate surface area is 141 Å². The van der Waals surface area contributed by atoms with E-state index in [1.807, 2.05) is 24.3 Å². The molecule has 0 saturated heterocycles. The van der Waals surface area contributed by atoms with Gasteiger partial charge in [0.1, 0.15) is 6.33 Å². The Hall–Kier alpha value is -2.24. The fourth-order valence-electron chi connectivity index (χ4n) is 3.60. The fraction of sp³-hybridized carbons (Fsp3) is 0.556. The number of aromatic nitrogens is 4. The molecular weight excluding hydrogens is 302 g/mol. The van der Waals surface area contributed by atoms with Gasteiger partial charge in [-0.25, -0.2) is 4.68 Å². The summed E-state index contributed by atoms with van der Waals surface area (Å²) >= 11 is 0. The number of amides is 1. The highest BCUT2D eigenvalue weighted by molar-refractivity contribution is 5.95. The van der Waals surface area contributed by atoms with E-state index in [4.69, 9.17) is 0 Å². The molecular formula is C18H23N5O. The third kappa shape index (κ3) is 3.32. The first-order valence-corrected chi connectivity index (χ1v) is 8.95. The average molecular weight is 325 g/mol. The number of nitrogens with zero attached hydrogens (tertiary/aromatic N) is 5. The van der Waals surface area contributed by atoms with Crippen LogP contribution < -0.4 is 0 Å². The Morgan fingerprint density at radius 2 is 2.00 bits per heavy atom. The van der Waals surface area contributed by atoms with Crippen molar-refractivity contribution in [1.29, 1.82) is 0 Å². The second kappa shape index (κ2) is 6.71. The van der Waals surface area contributed by atoms with Gasteiger partial charge < -0.3 is 4.90 Å². The van der Waals surface area contributed by atoms with Crippen LogP contribution >= 0.6 is 0 Å². The van der Waals surface area contributed by atoms with Gasteiger partial charge in [0.2, 0.25) is 0 Å². The minimum Gasteiger partial charge on any atom is -0.335 e. The minimum absolute atomic E-state index is 0.156. The first-order chi connectivity index (χ1) is 11.8. The summed E-state index contributed by atoms with van der Waals surface area (Å²) in [4.78, 5) is 15.3. The molecule has 0 radical (unpaired) electrons. The fourth-order valence-corrected chi connectivity index (χ4v) is 3.60. The van der Waals surface area contributed by atoms with Crippen LogP contribution in [0.1, 0.15) is 55.3 Å². The van der Waals surface area contributed by atoms with Gasteiger partial charge >= 0.3 is 0 Å². The number of tetrazole rings is 1. The van der Waals surface area contributed by atoms with Crippen LogP contribution in [0.4, 0.5) is 0 Å². The predicted octanol–water partition coefficient (Wildman–Crippen LogP) is 2.85. The van der Waals surface area contributed by atoms with Crippen molar-refractivity contribution in [2.45, 2.75) is 51.0 Å². The summed E-state index contributed by atoms with van der Waals surface area (Å²) in [6.07, 6.45) is 10.1. The molecule has 24 heavy (non-hydrogen) atoms. The smallest absolute Gasteiger partial charge is 0.254 e. The molecule has 1 aromatic heterocycles. The zero-order chi connectivity index (χ0) is 16.4. The van der Waals surface area contributed by atoms with Crippen LogP contribution in [0, 0.1) is 5.92 Å². The molecule has 2 aliphatic rings. The lowest BCUT2D eigenvalue weighted by molar-refractivity contribution is 0.0622. The van der Waals surface area contributed by atoms with Crippen LogP contribution in [0.2, 0.25) is 0 Å². The third-order valence-electron chi connectivity index (χ3n) is 5.13. The van der Waals surface area contributed by atoms with Crippen molar-refractivity contribution in [1.82, 2.24) is 25.1 Å². The minimum atomic E-state index is 0.156. The number of hydrogen-bond acceptors (Lipinski definition) is 4. The van der Waals surface area contributed by atoms with Crippen molar-refractivity contribution in [3.63, 3.8) is 0 Å². The van der Waals surface area contributed by atoms with Gasteiger partial charge in [0, 0.05) is 18.2 Å². The molecule has 0 aliphatic heterocycles. The molecule has 1 heterocycles. The predicted molar refractivity (Wildman–Crippen MR) is 89.8 cm³/mol. The first-order valence-electron chi connectivity index (χ1n) is 8.95. The van der Waals surface area contributed by atoms with Gasteiger partial charge in [-0.1, -0.05) is 25.3 Å². The summed E-state index contributed by atoms with van der Waals surface area (Å²) in [5, 5.41) is 11.2. The van der Waals surface area contributed by atoms with E-state index in [-0.39, 0.29) is 5.91 Å². The lowest BCUT2D eigenvalue weighted by Crippen LogP contribution is -2.42. The molecule has 2 aliphatic carbocycles. The quantitative estimate of drug-likeness (QED) is 0.848. The van der Waals surface area contributed by atoms with Crippen molar-refractivity contribution in [3.05, 3.63) is 36.2 Å². The van der Waals surface area contributed by atoms with E-state index in [0.29, 0.717) is 12.0 Å². The van der Waals surface area contributed by atoms with E-state index in [1.54, 1.807) is 11.0 Å². The van der Waals surface area contributed by atoms with E-state index < -0.39 is 0 Å². The van der Waals surface area contributed by atoms with E-state index in [2.05, 4.69) is 20.4 Å². The zero-order valence-electron chi connectivity index (χ0n) is 13.8. The van der Waals surface area contributed by atoms with Gasteiger partial charge in [-0.05, 0) is 60.2 Å². The maximum atomic E-state index is 13.2. The topological polar surface area (TPSA) is 63.9 Å². The van der Waals surface area contributed by atoms with E-state index >= 15 is 0 Å². The molecule has 1 amide bonds. The Morgan fingerprint density at radius 3 is 2.71 bits per heavy atom. The Morgan fingerprint density at radius 1 is 1.17 bits per heavy atom. The van der Waals surface area contributed by atoms with Gasteiger partial charge in [0.05, 0.1) is 5.69 Å². The van der Waals surface area contributed by atoms with Crippen LogP contribution in [0.15, 0.2) is 30.6 Å². The Bertz CT molecular complexity index is 689. The number of benzene rings is 1. The normalized spacial score (nSPS) is 18.5. The van der Waals surface area contributed by atoms with Gasteiger partial charge in [-0.3, -0.25) is 4.79 Å². The molecule has 6 nitrogen and oxygen atoms in total. The van der Waals surface area contributed by atoms with Gasteiger partial charge in [-0.2, -0.15) is 0 Å². The van der Waals surface area contributed by atoms with Crippen LogP contribution in [-0.2, 0) is 0 Å². The number of carbonyl (C=O) groups excluding carboxylic acids is 1. The summed E-state index contributed by atoms with van der Waals surface area (Å²) in [5.41, 5.74) is 1.55. The third-order valence-corrected chi connectivity index (χ3v) is 5.13. The van der Waals surface area contributed by atoms with Crippen LogP contribution in [-0.4, -0.2) is 43.6 Å². The van der Waals surface area contributed by atoms with Crippen molar-refractivity contribution >= 4 is 5.91 Å². The van der Waals surface area contributed by atoms with E-state index in [9.17, 15) is 4.79 Å². The van der Waals surface area contributed by atoms with Gasteiger partial charge in [-0.15, -0.1) is 5.10 Å². The second-order valence-corrected chi connectivity index (χ2v) is 7.00. The van der Waals surface area contributed by atoms with Crippen molar-refractivity contribution < 1.29 is 4.79 Å². The molecule has 126 valence electrons. The highest BCUT2D eigenvalue weighted by atomic mass is 16.2. The van der Waals surface area contributed by atoms with Crippen molar-refractivity contribution in [2.24, 2.45) is 5.92 Å². The van der Waals surface area contributed by atoms with E-state index in [1.165, 1.54) is 32.1 Å². The molecule has 1 aromatic carbocycles. The number of rotatable bonds is 5. The van der Waals surface area contributed by atoms with Crippen LogP contribution in [0.3, 0.4) is 0 Å². The molecule has 0 atom stereocenters. The first kappa shape index (κ1) is 15.3. The van der Waals surface area contributed by atoms with E-state index in [0.717, 1.165) is 30.6 Å². The summed E-state index contributed by atoms with van der Waals surface area (Å²) < 4.78 is 1.59. The highest BCUT2D eigenvalue weighted by Crippen LogP contribution is 2.33. The molecule has 6 heteroatoms. The number of hydrogen-bond donors (Lipinski definition) is 0. The average Bonchev–Trinajstić information content (AvgIpc) is 3.29. The van der Waals surface area contributed by atoms with Crippen LogP contribution in [0.5, 0.6) is 0 Å². The maximum absolute atomic E-state index is 13.2. The van der Waals surface area contributed by atoms with Gasteiger partial charge in [0.25, 0.3) is 5.91 Å². The summed E-state index contributed by atoms with van der Waals surface area (Å²) in [6.45, 7) is 0.915. The molecule has 2 aromatic rings. The van der Waals surface area contributed by atoms with Gasteiger partial charge in [0.15, 0.2) is 0 Å². The van der Waals surface area contributed by atoms with Crippen molar-refractivity contribution in [2.75, 3.05) is 6.54 Å². The molecule has 2 fully saturated rings. The lowest BCUT2D eigenvalue weighted by atomic mass is 9.93.